The molecule has 0 aliphatic carbocycles. The van der Waals surface area contributed by atoms with Crippen LogP contribution in [0.15, 0.2) is 15.3 Å². The first-order valence-electron chi connectivity index (χ1n) is 8.79. The zero-order valence-electron chi connectivity index (χ0n) is 14.5. The Balaban J connectivity index is 1.84. The maximum atomic E-state index is 12.6. The van der Waals surface area contributed by atoms with Gasteiger partial charge in [-0.05, 0) is 32.6 Å². The standard InChI is InChI=1S/C18H25NO6/c1-12-10-14(20)16(22)17(25-12)18(4-8-24-9-5-18)11-15(21)19-13-2-6-23-7-3-13/h10,13,22H,2-9,11H2,1H3,(H,19,21). The summed E-state index contributed by atoms with van der Waals surface area (Å²) in [7, 11) is 0. The molecule has 138 valence electrons. The number of ether oxygens (including phenoxy) is 2. The van der Waals surface area contributed by atoms with Crippen LogP contribution in [0.2, 0.25) is 0 Å². The average molecular weight is 351 g/mol. The number of aromatic hydroxyl groups is 1. The lowest BCUT2D eigenvalue weighted by Crippen LogP contribution is -2.44. The predicted molar refractivity (Wildman–Crippen MR) is 89.7 cm³/mol. The van der Waals surface area contributed by atoms with Gasteiger partial charge in [0, 0.05) is 50.4 Å². The molecule has 7 nitrogen and oxygen atoms in total. The van der Waals surface area contributed by atoms with E-state index in [1.165, 1.54) is 6.07 Å². The van der Waals surface area contributed by atoms with E-state index in [1.807, 2.05) is 0 Å². The molecule has 0 spiro atoms. The minimum atomic E-state index is -0.719. The van der Waals surface area contributed by atoms with Crippen LogP contribution in [0.3, 0.4) is 0 Å². The van der Waals surface area contributed by atoms with Gasteiger partial charge in [0.15, 0.2) is 5.76 Å². The quantitative estimate of drug-likeness (QED) is 0.851. The first kappa shape index (κ1) is 17.9. The van der Waals surface area contributed by atoms with Crippen molar-refractivity contribution in [2.75, 3.05) is 26.4 Å². The largest absolute Gasteiger partial charge is 0.502 e. The molecule has 25 heavy (non-hydrogen) atoms. The predicted octanol–water partition coefficient (Wildman–Crippen LogP) is 1.39. The smallest absolute Gasteiger partial charge is 0.227 e. The first-order valence-corrected chi connectivity index (χ1v) is 8.79. The van der Waals surface area contributed by atoms with E-state index in [0.717, 1.165) is 12.8 Å². The minimum Gasteiger partial charge on any atom is -0.502 e. The molecule has 1 aromatic heterocycles. The molecular weight excluding hydrogens is 326 g/mol. The van der Waals surface area contributed by atoms with E-state index >= 15 is 0 Å². The molecule has 2 saturated heterocycles. The number of carbonyl (C=O) groups is 1. The maximum Gasteiger partial charge on any atom is 0.227 e. The normalized spacial score (nSPS) is 21.0. The number of rotatable bonds is 4. The molecule has 0 saturated carbocycles. The van der Waals surface area contributed by atoms with Crippen LogP contribution < -0.4 is 10.7 Å². The van der Waals surface area contributed by atoms with E-state index in [1.54, 1.807) is 6.92 Å². The molecule has 3 rings (SSSR count). The van der Waals surface area contributed by atoms with Gasteiger partial charge in [-0.15, -0.1) is 0 Å². The molecule has 7 heteroatoms. The fourth-order valence-electron chi connectivity index (χ4n) is 3.64. The summed E-state index contributed by atoms with van der Waals surface area (Å²) in [6.07, 6.45) is 2.80. The van der Waals surface area contributed by atoms with Gasteiger partial charge in [-0.1, -0.05) is 0 Å². The number of aryl methyl sites for hydroxylation is 1. The van der Waals surface area contributed by atoms with Crippen molar-refractivity contribution in [1.29, 1.82) is 0 Å². The molecule has 2 aliphatic heterocycles. The van der Waals surface area contributed by atoms with Gasteiger partial charge in [-0.2, -0.15) is 0 Å². The van der Waals surface area contributed by atoms with Crippen LogP contribution in [0.1, 0.15) is 43.6 Å². The summed E-state index contributed by atoms with van der Waals surface area (Å²) in [5.41, 5.74) is -1.20. The minimum absolute atomic E-state index is 0.0997. The molecule has 2 aliphatic rings. The third kappa shape index (κ3) is 4.04. The Bertz CT molecular complexity index is 671. The average Bonchev–Trinajstić information content (AvgIpc) is 2.59. The Morgan fingerprint density at radius 3 is 2.56 bits per heavy atom. The Morgan fingerprint density at radius 2 is 1.88 bits per heavy atom. The molecule has 0 unspecified atom stereocenters. The molecule has 0 bridgehead atoms. The van der Waals surface area contributed by atoms with Crippen LogP contribution in [0.25, 0.3) is 0 Å². The summed E-state index contributed by atoms with van der Waals surface area (Å²) >= 11 is 0. The van der Waals surface area contributed by atoms with Gasteiger partial charge in [0.25, 0.3) is 0 Å². The second-order valence-electron chi connectivity index (χ2n) is 6.92. The Labute approximate surface area is 146 Å². The fraction of sp³-hybridized carbons (Fsp3) is 0.667. The maximum absolute atomic E-state index is 12.6. The van der Waals surface area contributed by atoms with Crippen LogP contribution in [-0.4, -0.2) is 43.5 Å². The topological polar surface area (TPSA) is 98.0 Å². The number of nitrogens with one attached hydrogen (secondary N) is 1. The van der Waals surface area contributed by atoms with Gasteiger partial charge in [0.1, 0.15) is 5.76 Å². The van der Waals surface area contributed by atoms with Gasteiger partial charge in [-0.25, -0.2) is 0 Å². The zero-order chi connectivity index (χ0) is 17.9. The summed E-state index contributed by atoms with van der Waals surface area (Å²) in [6, 6.07) is 1.37. The van der Waals surface area contributed by atoms with Gasteiger partial charge in [0.05, 0.1) is 0 Å². The lowest BCUT2D eigenvalue weighted by molar-refractivity contribution is -0.125. The SMILES string of the molecule is Cc1cc(=O)c(O)c(C2(CC(=O)NC3CCOCC3)CCOCC2)o1. The van der Waals surface area contributed by atoms with Crippen LogP contribution in [0.4, 0.5) is 0 Å². The first-order chi connectivity index (χ1) is 12.0. The van der Waals surface area contributed by atoms with E-state index in [2.05, 4.69) is 5.32 Å². The van der Waals surface area contributed by atoms with Crippen LogP contribution >= 0.6 is 0 Å². The van der Waals surface area contributed by atoms with E-state index in [0.29, 0.717) is 45.0 Å². The van der Waals surface area contributed by atoms with Gasteiger partial charge < -0.3 is 24.3 Å². The highest BCUT2D eigenvalue weighted by atomic mass is 16.5. The molecule has 1 amide bonds. The third-order valence-corrected chi connectivity index (χ3v) is 5.06. The van der Waals surface area contributed by atoms with Crippen LogP contribution in [0.5, 0.6) is 5.75 Å². The van der Waals surface area contributed by atoms with E-state index < -0.39 is 16.6 Å². The molecule has 2 fully saturated rings. The summed E-state index contributed by atoms with van der Waals surface area (Å²) in [6.45, 7) is 3.89. The van der Waals surface area contributed by atoms with Crippen molar-refractivity contribution in [2.45, 2.75) is 50.5 Å². The summed E-state index contributed by atoms with van der Waals surface area (Å²) in [4.78, 5) is 24.6. The van der Waals surface area contributed by atoms with E-state index in [9.17, 15) is 14.7 Å². The second kappa shape index (κ2) is 7.58. The molecular formula is C18H25NO6. The van der Waals surface area contributed by atoms with Crippen LogP contribution in [-0.2, 0) is 19.7 Å². The Morgan fingerprint density at radius 1 is 1.24 bits per heavy atom. The van der Waals surface area contributed by atoms with E-state index in [4.69, 9.17) is 13.9 Å². The van der Waals surface area contributed by atoms with Crippen molar-refractivity contribution in [3.05, 3.63) is 27.8 Å². The van der Waals surface area contributed by atoms with Gasteiger partial charge in [0.2, 0.25) is 17.1 Å². The number of amides is 1. The molecule has 0 radical (unpaired) electrons. The van der Waals surface area contributed by atoms with Crippen molar-refractivity contribution >= 4 is 5.91 Å². The highest BCUT2D eigenvalue weighted by molar-refractivity contribution is 5.78. The fourth-order valence-corrected chi connectivity index (χ4v) is 3.64. The van der Waals surface area contributed by atoms with Gasteiger partial charge in [-0.3, -0.25) is 9.59 Å². The van der Waals surface area contributed by atoms with Crippen molar-refractivity contribution in [3.63, 3.8) is 0 Å². The summed E-state index contributed by atoms with van der Waals surface area (Å²) in [5.74, 6) is 0.139. The summed E-state index contributed by atoms with van der Waals surface area (Å²) < 4.78 is 16.5. The lowest BCUT2D eigenvalue weighted by atomic mass is 9.74. The van der Waals surface area contributed by atoms with Gasteiger partial charge >= 0.3 is 0 Å². The monoisotopic (exact) mass is 351 g/mol. The third-order valence-electron chi connectivity index (χ3n) is 5.06. The molecule has 3 heterocycles. The number of hydrogen-bond donors (Lipinski definition) is 2. The lowest BCUT2D eigenvalue weighted by Gasteiger charge is -2.36. The highest BCUT2D eigenvalue weighted by Gasteiger charge is 2.42. The molecule has 1 aromatic rings. The van der Waals surface area contributed by atoms with Crippen molar-refractivity contribution in [3.8, 4) is 5.75 Å². The molecule has 0 aromatic carbocycles. The second-order valence-corrected chi connectivity index (χ2v) is 6.92. The molecule has 2 N–H and O–H groups in total. The molecule has 0 atom stereocenters. The van der Waals surface area contributed by atoms with Crippen molar-refractivity contribution in [1.82, 2.24) is 5.32 Å². The Hall–Kier alpha value is -1.86. The zero-order valence-corrected chi connectivity index (χ0v) is 14.5. The van der Waals surface area contributed by atoms with Crippen molar-refractivity contribution in [2.24, 2.45) is 0 Å². The summed E-state index contributed by atoms with van der Waals surface area (Å²) in [5, 5.41) is 13.3. The highest BCUT2D eigenvalue weighted by Crippen LogP contribution is 2.41. The Kier molecular flexibility index (Phi) is 5.44. The van der Waals surface area contributed by atoms with Crippen molar-refractivity contribution < 1.29 is 23.8 Å². The number of carbonyl (C=O) groups excluding carboxylic acids is 1. The number of hydrogen-bond acceptors (Lipinski definition) is 6. The van der Waals surface area contributed by atoms with Crippen LogP contribution in [0, 0.1) is 6.92 Å². The van der Waals surface area contributed by atoms with E-state index in [-0.39, 0.29) is 24.1 Å².